The van der Waals surface area contributed by atoms with E-state index in [9.17, 15) is 13.2 Å². The van der Waals surface area contributed by atoms with Crippen LogP contribution in [0.5, 0.6) is 0 Å². The second-order valence-electron chi connectivity index (χ2n) is 4.74. The summed E-state index contributed by atoms with van der Waals surface area (Å²) in [6, 6.07) is 1.25. The predicted octanol–water partition coefficient (Wildman–Crippen LogP) is 2.46. The highest BCUT2D eigenvalue weighted by Gasteiger charge is 2.26. The fourth-order valence-corrected chi connectivity index (χ4v) is 3.54. The highest BCUT2D eigenvalue weighted by atomic mass is 32.2. The molecule has 2 aromatic heterocycles. The Morgan fingerprint density at radius 1 is 1.29 bits per heavy atom. The van der Waals surface area contributed by atoms with Crippen molar-refractivity contribution >= 4 is 33.0 Å². The van der Waals surface area contributed by atoms with Crippen LogP contribution >= 0.6 is 11.3 Å². The highest BCUT2D eigenvalue weighted by molar-refractivity contribution is 7.89. The Hall–Kier alpha value is -1.64. The largest absolute Gasteiger partial charge is 0.455 e. The molecule has 0 radical (unpaired) electrons. The lowest BCUT2D eigenvalue weighted by Crippen LogP contribution is -2.22. The first-order valence-electron chi connectivity index (χ1n) is 6.10. The van der Waals surface area contributed by atoms with E-state index in [1.165, 1.54) is 38.4 Å². The van der Waals surface area contributed by atoms with Crippen molar-refractivity contribution in [2.24, 2.45) is 0 Å². The van der Waals surface area contributed by atoms with E-state index in [4.69, 9.17) is 4.42 Å². The fourth-order valence-electron chi connectivity index (χ4n) is 1.70. The Kier molecular flexibility index (Phi) is 4.22. The van der Waals surface area contributed by atoms with Crippen molar-refractivity contribution in [2.75, 3.05) is 19.4 Å². The third-order valence-electron chi connectivity index (χ3n) is 2.96. The molecule has 2 aromatic rings. The van der Waals surface area contributed by atoms with Crippen LogP contribution in [-0.2, 0) is 10.0 Å². The van der Waals surface area contributed by atoms with E-state index in [-0.39, 0.29) is 16.4 Å². The molecule has 0 atom stereocenters. The monoisotopic (exact) mass is 328 g/mol. The smallest absolute Gasteiger partial charge is 0.291 e. The summed E-state index contributed by atoms with van der Waals surface area (Å²) in [4.78, 5) is 12.1. The SMILES string of the molecule is Cc1cscc1NC(=O)c1cc(S(=O)(=O)N(C)C)c(C)o1. The summed E-state index contributed by atoms with van der Waals surface area (Å²) in [6.07, 6.45) is 0. The summed E-state index contributed by atoms with van der Waals surface area (Å²) >= 11 is 1.47. The molecule has 21 heavy (non-hydrogen) atoms. The van der Waals surface area contributed by atoms with Crippen molar-refractivity contribution in [3.8, 4) is 0 Å². The lowest BCUT2D eigenvalue weighted by Gasteiger charge is -2.09. The number of carbonyl (C=O) groups excluding carboxylic acids is 1. The number of nitrogens with zero attached hydrogens (tertiary/aromatic N) is 1. The first-order valence-corrected chi connectivity index (χ1v) is 8.49. The molecule has 2 rings (SSSR count). The maximum Gasteiger partial charge on any atom is 0.291 e. The minimum atomic E-state index is -3.63. The number of thiophene rings is 1. The molecule has 0 aromatic carbocycles. The Morgan fingerprint density at radius 2 is 1.95 bits per heavy atom. The number of rotatable bonds is 4. The third-order valence-corrected chi connectivity index (χ3v) is 5.74. The van der Waals surface area contributed by atoms with E-state index >= 15 is 0 Å². The number of nitrogens with one attached hydrogen (secondary N) is 1. The molecule has 0 unspecified atom stereocenters. The third kappa shape index (κ3) is 3.02. The molecule has 0 saturated carbocycles. The molecule has 6 nitrogen and oxygen atoms in total. The number of furan rings is 1. The maximum atomic E-state index is 12.1. The van der Waals surface area contributed by atoms with Crippen LogP contribution in [0, 0.1) is 13.8 Å². The van der Waals surface area contributed by atoms with Crippen LogP contribution in [0.25, 0.3) is 0 Å². The Balaban J connectivity index is 2.31. The van der Waals surface area contributed by atoms with Gasteiger partial charge in [0, 0.05) is 25.5 Å². The molecule has 114 valence electrons. The molecule has 0 aliphatic rings. The molecular formula is C13H16N2O4S2. The molecule has 0 saturated heterocycles. The van der Waals surface area contributed by atoms with Gasteiger partial charge in [-0.2, -0.15) is 0 Å². The minimum Gasteiger partial charge on any atom is -0.455 e. The summed E-state index contributed by atoms with van der Waals surface area (Å²) in [6.45, 7) is 3.39. The van der Waals surface area contributed by atoms with Gasteiger partial charge >= 0.3 is 0 Å². The lowest BCUT2D eigenvalue weighted by atomic mass is 10.3. The van der Waals surface area contributed by atoms with Gasteiger partial charge in [-0.1, -0.05) is 0 Å². The van der Waals surface area contributed by atoms with Crippen molar-refractivity contribution < 1.29 is 17.6 Å². The minimum absolute atomic E-state index is 0.000287. The molecule has 0 fully saturated rings. The van der Waals surface area contributed by atoms with E-state index in [0.29, 0.717) is 5.69 Å². The summed E-state index contributed by atoms with van der Waals surface area (Å²) in [5.74, 6) is -0.311. The fraction of sp³-hybridized carbons (Fsp3) is 0.308. The molecule has 1 amide bonds. The van der Waals surface area contributed by atoms with Crippen LogP contribution in [0.4, 0.5) is 5.69 Å². The van der Waals surface area contributed by atoms with Crippen LogP contribution in [0.15, 0.2) is 26.1 Å². The molecule has 0 bridgehead atoms. The number of amides is 1. The summed E-state index contributed by atoms with van der Waals surface area (Å²) in [7, 11) is -0.775. The van der Waals surface area contributed by atoms with E-state index in [1.54, 1.807) is 5.38 Å². The van der Waals surface area contributed by atoms with Crippen LogP contribution in [0.2, 0.25) is 0 Å². The van der Waals surface area contributed by atoms with E-state index in [1.807, 2.05) is 12.3 Å². The highest BCUT2D eigenvalue weighted by Crippen LogP contribution is 2.24. The van der Waals surface area contributed by atoms with E-state index < -0.39 is 15.9 Å². The topological polar surface area (TPSA) is 79.6 Å². The standard InChI is InChI=1S/C13H16N2O4S2/c1-8-6-20-7-10(8)14-13(16)11-5-12(9(2)19-11)21(17,18)15(3)4/h5-7H,1-4H3,(H,14,16). The van der Waals surface area contributed by atoms with E-state index in [2.05, 4.69) is 5.32 Å². The first-order chi connectivity index (χ1) is 9.73. The lowest BCUT2D eigenvalue weighted by molar-refractivity contribution is 0.0995. The maximum absolute atomic E-state index is 12.1. The van der Waals surface area contributed by atoms with Gasteiger partial charge in [0.2, 0.25) is 10.0 Å². The van der Waals surface area contributed by atoms with Crippen LogP contribution in [-0.4, -0.2) is 32.7 Å². The zero-order valence-electron chi connectivity index (χ0n) is 12.1. The van der Waals surface area contributed by atoms with Gasteiger partial charge in [0.15, 0.2) is 5.76 Å². The van der Waals surface area contributed by atoms with Crippen LogP contribution < -0.4 is 5.32 Å². The van der Waals surface area contributed by atoms with Crippen molar-refractivity contribution in [2.45, 2.75) is 18.7 Å². The predicted molar refractivity (Wildman–Crippen MR) is 81.3 cm³/mol. The second kappa shape index (κ2) is 5.63. The number of hydrogen-bond acceptors (Lipinski definition) is 5. The molecule has 0 aliphatic carbocycles. The number of anilines is 1. The van der Waals surface area contributed by atoms with Crippen molar-refractivity contribution in [3.05, 3.63) is 33.9 Å². The summed E-state index contributed by atoms with van der Waals surface area (Å²) < 4.78 is 30.6. The molecule has 2 heterocycles. The van der Waals surface area contributed by atoms with Gasteiger partial charge in [0.05, 0.1) is 5.69 Å². The van der Waals surface area contributed by atoms with Crippen LogP contribution in [0.3, 0.4) is 0 Å². The van der Waals surface area contributed by atoms with E-state index in [0.717, 1.165) is 9.87 Å². The van der Waals surface area contributed by atoms with Crippen molar-refractivity contribution in [3.63, 3.8) is 0 Å². The van der Waals surface area contributed by atoms with Gasteiger partial charge in [-0.3, -0.25) is 4.79 Å². The quantitative estimate of drug-likeness (QED) is 0.935. The Bertz CT molecular complexity index is 772. The molecule has 8 heteroatoms. The zero-order valence-corrected chi connectivity index (χ0v) is 13.8. The van der Waals surface area contributed by atoms with Gasteiger partial charge < -0.3 is 9.73 Å². The number of carbonyl (C=O) groups is 1. The summed E-state index contributed by atoms with van der Waals surface area (Å²) in [5, 5.41) is 6.41. The van der Waals surface area contributed by atoms with Gasteiger partial charge in [-0.05, 0) is 24.8 Å². The number of aryl methyl sites for hydroxylation is 2. The Morgan fingerprint density at radius 3 is 2.48 bits per heavy atom. The summed E-state index contributed by atoms with van der Waals surface area (Å²) in [5.41, 5.74) is 1.63. The Labute approximate surface area is 127 Å². The second-order valence-corrected chi connectivity index (χ2v) is 7.60. The molecular weight excluding hydrogens is 312 g/mol. The average molecular weight is 328 g/mol. The number of hydrogen-bond donors (Lipinski definition) is 1. The van der Waals surface area contributed by atoms with Crippen molar-refractivity contribution in [1.82, 2.24) is 4.31 Å². The average Bonchev–Trinajstić information content (AvgIpc) is 2.96. The first kappa shape index (κ1) is 15.7. The van der Waals surface area contributed by atoms with Gasteiger partial charge in [-0.15, -0.1) is 11.3 Å². The van der Waals surface area contributed by atoms with Crippen molar-refractivity contribution in [1.29, 1.82) is 0 Å². The molecule has 1 N–H and O–H groups in total. The normalized spacial score (nSPS) is 11.9. The van der Waals surface area contributed by atoms with Crippen LogP contribution in [0.1, 0.15) is 21.9 Å². The van der Waals surface area contributed by atoms with Gasteiger partial charge in [0.25, 0.3) is 5.91 Å². The number of sulfonamides is 1. The molecule has 0 spiro atoms. The zero-order chi connectivity index (χ0) is 15.8. The van der Waals surface area contributed by atoms with Gasteiger partial charge in [-0.25, -0.2) is 12.7 Å². The van der Waals surface area contributed by atoms with Gasteiger partial charge in [0.1, 0.15) is 10.7 Å². The molecule has 0 aliphatic heterocycles.